The third-order valence-electron chi connectivity index (χ3n) is 7.88. The van der Waals surface area contributed by atoms with E-state index < -0.39 is 6.04 Å². The van der Waals surface area contributed by atoms with Crippen molar-refractivity contribution >= 4 is 23.3 Å². The maximum atomic E-state index is 13.2. The number of rotatable bonds is 9. The van der Waals surface area contributed by atoms with E-state index in [1.54, 1.807) is 0 Å². The second-order valence-corrected chi connectivity index (χ2v) is 10.6. The summed E-state index contributed by atoms with van der Waals surface area (Å²) in [6.45, 7) is 0.556. The fraction of sp³-hybridized carbons (Fsp3) is 0.375. The number of nitrogens with two attached hydrogens (primary N) is 1. The minimum atomic E-state index is -0.654. The van der Waals surface area contributed by atoms with E-state index in [2.05, 4.69) is 58.4 Å². The number of carbonyl (C=O) groups is 2. The molecule has 1 atom stereocenters. The Kier molecular flexibility index (Phi) is 8.39. The highest BCUT2D eigenvalue weighted by Crippen LogP contribution is 2.37. The molecule has 198 valence electrons. The summed E-state index contributed by atoms with van der Waals surface area (Å²) in [7, 11) is 0. The predicted octanol–water partition coefficient (Wildman–Crippen LogP) is 6.56. The Morgan fingerprint density at radius 2 is 1.55 bits per heavy atom. The van der Waals surface area contributed by atoms with Crippen LogP contribution in [0.1, 0.15) is 74.0 Å². The summed E-state index contributed by atoms with van der Waals surface area (Å²) in [5, 5.41) is 8.82. The Bertz CT molecular complexity index is 1260. The molecule has 0 aromatic heterocycles. The molecule has 0 aliphatic heterocycles. The highest BCUT2D eigenvalue weighted by atomic mass is 16.2. The van der Waals surface area contributed by atoms with Gasteiger partial charge >= 0.3 is 6.03 Å². The zero-order valence-corrected chi connectivity index (χ0v) is 22.0. The first-order chi connectivity index (χ1) is 18.6. The number of nitrogens with one attached hydrogen (secondary N) is 3. The lowest BCUT2D eigenvalue weighted by molar-refractivity contribution is -0.118. The summed E-state index contributed by atoms with van der Waals surface area (Å²) >= 11 is 0. The fourth-order valence-corrected chi connectivity index (χ4v) is 5.81. The number of carbonyl (C=O) groups excluding carboxylic acids is 2. The molecule has 3 aromatic rings. The molecule has 6 nitrogen and oxygen atoms in total. The van der Waals surface area contributed by atoms with Crippen LogP contribution in [0.3, 0.4) is 0 Å². The van der Waals surface area contributed by atoms with Gasteiger partial charge in [-0.2, -0.15) is 0 Å². The summed E-state index contributed by atoms with van der Waals surface area (Å²) in [4.78, 5) is 26.1. The third kappa shape index (κ3) is 6.25. The topological polar surface area (TPSA) is 96.2 Å². The van der Waals surface area contributed by atoms with Crippen molar-refractivity contribution in [3.05, 3.63) is 83.4 Å². The number of hydrogen-bond acceptors (Lipinski definition) is 3. The monoisotopic (exact) mass is 510 g/mol. The molecular formula is C32H38N4O2. The van der Waals surface area contributed by atoms with Gasteiger partial charge < -0.3 is 21.7 Å². The minimum absolute atomic E-state index is 0.216. The van der Waals surface area contributed by atoms with Crippen molar-refractivity contribution in [3.63, 3.8) is 0 Å². The van der Waals surface area contributed by atoms with Gasteiger partial charge in [0.15, 0.2) is 0 Å². The lowest BCUT2D eigenvalue weighted by atomic mass is 9.84. The summed E-state index contributed by atoms with van der Waals surface area (Å²) < 4.78 is 0. The first-order valence-corrected chi connectivity index (χ1v) is 14.0. The average molecular weight is 511 g/mol. The van der Waals surface area contributed by atoms with Crippen molar-refractivity contribution in [2.24, 2.45) is 5.73 Å². The van der Waals surface area contributed by atoms with Crippen LogP contribution in [-0.2, 0) is 11.2 Å². The molecular weight excluding hydrogens is 472 g/mol. The second-order valence-electron chi connectivity index (χ2n) is 10.6. The molecule has 0 radical (unpaired) electrons. The van der Waals surface area contributed by atoms with Crippen LogP contribution in [0.25, 0.3) is 11.1 Å². The first-order valence-electron chi connectivity index (χ1n) is 14.0. The van der Waals surface area contributed by atoms with E-state index in [1.165, 1.54) is 59.9 Å². The molecule has 2 aliphatic carbocycles. The van der Waals surface area contributed by atoms with Gasteiger partial charge in [0.25, 0.3) is 0 Å². The Balaban J connectivity index is 1.20. The maximum Gasteiger partial charge on any atom is 0.319 e. The molecule has 0 unspecified atom stereocenters. The van der Waals surface area contributed by atoms with Gasteiger partial charge in [-0.1, -0.05) is 61.7 Å². The quantitative estimate of drug-likeness (QED) is 0.192. The van der Waals surface area contributed by atoms with Crippen LogP contribution in [0.5, 0.6) is 0 Å². The van der Waals surface area contributed by atoms with Crippen LogP contribution >= 0.6 is 0 Å². The smallest absolute Gasteiger partial charge is 0.319 e. The molecule has 2 aliphatic rings. The predicted molar refractivity (Wildman–Crippen MR) is 154 cm³/mol. The van der Waals surface area contributed by atoms with Gasteiger partial charge in [0.05, 0.1) is 0 Å². The molecule has 5 rings (SSSR count). The van der Waals surface area contributed by atoms with Gasteiger partial charge in [-0.15, -0.1) is 0 Å². The summed E-state index contributed by atoms with van der Waals surface area (Å²) in [5.41, 5.74) is 13.4. The number of amides is 3. The zero-order chi connectivity index (χ0) is 26.3. The van der Waals surface area contributed by atoms with Crippen molar-refractivity contribution in [2.45, 2.75) is 69.7 Å². The van der Waals surface area contributed by atoms with Crippen LogP contribution in [-0.4, -0.2) is 24.5 Å². The van der Waals surface area contributed by atoms with E-state index >= 15 is 0 Å². The van der Waals surface area contributed by atoms with E-state index in [0.717, 1.165) is 24.9 Å². The number of unbranched alkanes of at least 4 members (excludes halogenated alkanes) is 1. The van der Waals surface area contributed by atoms with Crippen molar-refractivity contribution in [3.8, 4) is 11.1 Å². The first kappa shape index (κ1) is 26.0. The van der Waals surface area contributed by atoms with Gasteiger partial charge in [0, 0.05) is 11.4 Å². The minimum Gasteiger partial charge on any atom is -0.330 e. The number of urea groups is 1. The van der Waals surface area contributed by atoms with E-state index in [9.17, 15) is 9.59 Å². The van der Waals surface area contributed by atoms with Gasteiger partial charge in [-0.25, -0.2) is 4.79 Å². The van der Waals surface area contributed by atoms with Gasteiger partial charge in [-0.3, -0.25) is 4.79 Å². The molecule has 5 N–H and O–H groups in total. The molecule has 0 heterocycles. The highest BCUT2D eigenvalue weighted by Gasteiger charge is 2.22. The number of fused-ring (bicyclic) bond motifs is 3. The molecule has 0 spiro atoms. The van der Waals surface area contributed by atoms with E-state index in [4.69, 9.17) is 5.73 Å². The maximum absolute atomic E-state index is 13.2. The number of anilines is 2. The third-order valence-corrected chi connectivity index (χ3v) is 7.88. The molecule has 3 aromatic carbocycles. The Hall–Kier alpha value is -3.64. The Labute approximate surface area is 225 Å². The summed E-state index contributed by atoms with van der Waals surface area (Å²) in [5.74, 6) is 0.406. The van der Waals surface area contributed by atoms with E-state index in [-0.39, 0.29) is 11.9 Å². The van der Waals surface area contributed by atoms with E-state index in [1.807, 2.05) is 24.3 Å². The SMILES string of the molecule is NCCCC[C@@H](NC(=O)Nc1ccc2c(c1)Cc1ccccc1-2)C(=O)Nc1ccc(C2CCCCC2)cc1. The molecule has 0 saturated heterocycles. The van der Waals surface area contributed by atoms with E-state index in [0.29, 0.717) is 24.6 Å². The fourth-order valence-electron chi connectivity index (χ4n) is 5.81. The summed E-state index contributed by atoms with van der Waals surface area (Å²) in [6, 6.07) is 21.5. The van der Waals surface area contributed by atoms with Gasteiger partial charge in [-0.05, 0) is 103 Å². The van der Waals surface area contributed by atoms with Crippen LogP contribution < -0.4 is 21.7 Å². The molecule has 0 bridgehead atoms. The Morgan fingerprint density at radius 1 is 0.816 bits per heavy atom. The highest BCUT2D eigenvalue weighted by molar-refractivity contribution is 5.99. The van der Waals surface area contributed by atoms with Crippen LogP contribution in [0, 0.1) is 0 Å². The molecule has 3 amide bonds. The largest absolute Gasteiger partial charge is 0.330 e. The number of benzene rings is 3. The van der Waals surface area contributed by atoms with Gasteiger partial charge in [0.2, 0.25) is 5.91 Å². The van der Waals surface area contributed by atoms with Crippen LogP contribution in [0.2, 0.25) is 0 Å². The van der Waals surface area contributed by atoms with Crippen molar-refractivity contribution in [2.75, 3.05) is 17.2 Å². The van der Waals surface area contributed by atoms with Crippen LogP contribution in [0.15, 0.2) is 66.7 Å². The van der Waals surface area contributed by atoms with Gasteiger partial charge in [0.1, 0.15) is 6.04 Å². The summed E-state index contributed by atoms with van der Waals surface area (Å²) in [6.07, 6.45) is 9.33. The lowest BCUT2D eigenvalue weighted by Gasteiger charge is -2.22. The molecule has 6 heteroatoms. The zero-order valence-electron chi connectivity index (χ0n) is 22.0. The number of hydrogen-bond donors (Lipinski definition) is 4. The normalized spacial score (nSPS) is 15.3. The molecule has 1 fully saturated rings. The lowest BCUT2D eigenvalue weighted by Crippen LogP contribution is -2.45. The van der Waals surface area contributed by atoms with Crippen molar-refractivity contribution in [1.29, 1.82) is 0 Å². The van der Waals surface area contributed by atoms with Crippen molar-refractivity contribution < 1.29 is 9.59 Å². The molecule has 1 saturated carbocycles. The standard InChI is InChI=1S/C32H38N4O2/c33-19-7-6-12-30(31(37)34-26-15-13-23(14-16-26)22-8-2-1-3-9-22)36-32(38)35-27-17-18-29-25(21-27)20-24-10-4-5-11-28(24)29/h4-5,10-11,13-18,21-22,30H,1-3,6-9,12,19-20,33H2,(H,34,37)(H2,35,36,38)/t30-/m1/s1. The van der Waals surface area contributed by atoms with Crippen molar-refractivity contribution in [1.82, 2.24) is 5.32 Å². The molecule has 38 heavy (non-hydrogen) atoms. The Morgan fingerprint density at radius 3 is 2.34 bits per heavy atom. The average Bonchev–Trinajstić information content (AvgIpc) is 3.31. The second kappa shape index (κ2) is 12.3. The van der Waals surface area contributed by atoms with Crippen LogP contribution in [0.4, 0.5) is 16.2 Å².